The molecule has 0 bridgehead atoms. The predicted molar refractivity (Wildman–Crippen MR) is 119 cm³/mol. The van der Waals surface area contributed by atoms with Gasteiger partial charge in [-0.05, 0) is 70.5 Å². The zero-order valence-corrected chi connectivity index (χ0v) is 17.3. The highest BCUT2D eigenvalue weighted by atomic mass is 15.1. The first-order valence-corrected chi connectivity index (χ1v) is 10.2. The van der Waals surface area contributed by atoms with E-state index in [-0.39, 0.29) is 0 Å². The van der Waals surface area contributed by atoms with E-state index in [4.69, 9.17) is 5.41 Å². The van der Waals surface area contributed by atoms with Gasteiger partial charge in [0.25, 0.3) is 0 Å². The first-order valence-electron chi connectivity index (χ1n) is 10.2. The average Bonchev–Trinajstić information content (AvgIpc) is 2.74. The van der Waals surface area contributed by atoms with Gasteiger partial charge in [-0.15, -0.1) is 0 Å². The number of hydrogen-bond acceptors (Lipinski definition) is 6. The van der Waals surface area contributed by atoms with Gasteiger partial charge in [-0.3, -0.25) is 4.98 Å². The second kappa shape index (κ2) is 8.25. The number of rotatable bonds is 5. The van der Waals surface area contributed by atoms with E-state index in [1.54, 1.807) is 6.33 Å². The van der Waals surface area contributed by atoms with Crippen LogP contribution in [-0.2, 0) is 0 Å². The fraction of sp³-hybridized carbons (Fsp3) is 0.391. The van der Waals surface area contributed by atoms with Gasteiger partial charge in [-0.25, -0.2) is 9.97 Å². The number of pyridine rings is 1. The molecule has 150 valence electrons. The van der Waals surface area contributed by atoms with Crippen molar-refractivity contribution in [3.8, 4) is 11.1 Å². The molecule has 0 atom stereocenters. The summed E-state index contributed by atoms with van der Waals surface area (Å²) >= 11 is 0. The highest BCUT2D eigenvalue weighted by Crippen LogP contribution is 2.30. The third-order valence-electron chi connectivity index (χ3n) is 6.02. The Morgan fingerprint density at radius 3 is 2.55 bits per heavy atom. The zero-order chi connectivity index (χ0) is 20.4. The summed E-state index contributed by atoms with van der Waals surface area (Å²) in [5.41, 5.74) is 4.69. The Kier molecular flexibility index (Phi) is 5.53. The van der Waals surface area contributed by atoms with Crippen molar-refractivity contribution >= 4 is 22.9 Å². The number of nitrogens with zero attached hydrogens (tertiary/aromatic N) is 4. The van der Waals surface area contributed by atoms with E-state index in [9.17, 15) is 0 Å². The van der Waals surface area contributed by atoms with Gasteiger partial charge in [-0.1, -0.05) is 6.07 Å². The van der Waals surface area contributed by atoms with Gasteiger partial charge >= 0.3 is 0 Å². The number of aryl methyl sites for hydroxylation is 1. The molecule has 2 aromatic heterocycles. The molecule has 2 heterocycles. The molecule has 2 N–H and O–H groups in total. The number of hydrogen-bond donors (Lipinski definition) is 2. The van der Waals surface area contributed by atoms with E-state index in [1.165, 1.54) is 19.1 Å². The Hall–Kier alpha value is -2.86. The van der Waals surface area contributed by atoms with Crippen LogP contribution in [0.15, 0.2) is 36.8 Å². The van der Waals surface area contributed by atoms with Crippen molar-refractivity contribution in [1.29, 1.82) is 5.41 Å². The molecule has 0 amide bonds. The van der Waals surface area contributed by atoms with Gasteiger partial charge in [0.15, 0.2) is 0 Å². The number of anilines is 1. The molecule has 0 radical (unpaired) electrons. The third kappa shape index (κ3) is 4.12. The predicted octanol–water partition coefficient (Wildman–Crippen LogP) is 4.28. The maximum atomic E-state index is 7.59. The summed E-state index contributed by atoms with van der Waals surface area (Å²) in [6.07, 6.45) is 9.57. The lowest BCUT2D eigenvalue weighted by Crippen LogP contribution is -2.36. The van der Waals surface area contributed by atoms with Crippen LogP contribution in [0.1, 0.15) is 36.9 Å². The minimum atomic E-state index is 0.443. The molecule has 1 saturated carbocycles. The fourth-order valence-electron chi connectivity index (χ4n) is 4.14. The quantitative estimate of drug-likeness (QED) is 0.638. The molecule has 6 heteroatoms. The second-order valence-corrected chi connectivity index (χ2v) is 8.11. The van der Waals surface area contributed by atoms with Crippen LogP contribution in [0, 0.1) is 12.3 Å². The summed E-state index contributed by atoms with van der Waals surface area (Å²) in [6, 6.07) is 9.35. The second-order valence-electron chi connectivity index (χ2n) is 8.11. The van der Waals surface area contributed by atoms with Crippen molar-refractivity contribution in [2.75, 3.05) is 19.4 Å². The third-order valence-corrected chi connectivity index (χ3v) is 6.02. The lowest BCUT2D eigenvalue weighted by atomic mass is 9.90. The normalized spacial score (nSPS) is 19.4. The van der Waals surface area contributed by atoms with Crippen LogP contribution in [0.5, 0.6) is 0 Å². The molecule has 1 aliphatic carbocycles. The molecule has 1 fully saturated rings. The van der Waals surface area contributed by atoms with Gasteiger partial charge in [0.05, 0.1) is 5.52 Å². The van der Waals surface area contributed by atoms with E-state index in [0.717, 1.165) is 51.9 Å². The molecular formula is C23H28N6. The molecule has 6 nitrogen and oxygen atoms in total. The molecule has 0 spiro atoms. The molecule has 29 heavy (non-hydrogen) atoms. The van der Waals surface area contributed by atoms with Crippen molar-refractivity contribution in [3.63, 3.8) is 0 Å². The van der Waals surface area contributed by atoms with Gasteiger partial charge in [-0.2, -0.15) is 0 Å². The monoisotopic (exact) mass is 388 g/mol. The Morgan fingerprint density at radius 2 is 1.83 bits per heavy atom. The lowest BCUT2D eigenvalue weighted by Gasteiger charge is -2.33. The first-order chi connectivity index (χ1) is 14.0. The maximum absolute atomic E-state index is 7.59. The molecule has 0 aliphatic heterocycles. The number of aromatic nitrogens is 3. The molecule has 1 aliphatic rings. The molecular weight excluding hydrogens is 360 g/mol. The molecule has 1 aromatic carbocycles. The first kappa shape index (κ1) is 19.5. The van der Waals surface area contributed by atoms with E-state index in [1.807, 2.05) is 25.3 Å². The van der Waals surface area contributed by atoms with Crippen molar-refractivity contribution in [2.24, 2.45) is 0 Å². The molecule has 0 unspecified atom stereocenters. The van der Waals surface area contributed by atoms with E-state index < -0.39 is 0 Å². The maximum Gasteiger partial charge on any atom is 0.137 e. The van der Waals surface area contributed by atoms with Crippen LogP contribution in [0.25, 0.3) is 22.0 Å². The van der Waals surface area contributed by atoms with E-state index in [0.29, 0.717) is 12.1 Å². The minimum absolute atomic E-state index is 0.443. The summed E-state index contributed by atoms with van der Waals surface area (Å²) in [6.45, 7) is 1.92. The zero-order valence-electron chi connectivity index (χ0n) is 17.3. The van der Waals surface area contributed by atoms with Gasteiger partial charge < -0.3 is 15.6 Å². The Labute approximate surface area is 171 Å². The molecule has 4 rings (SSSR count). The van der Waals surface area contributed by atoms with Crippen LogP contribution in [-0.4, -0.2) is 52.2 Å². The highest BCUT2D eigenvalue weighted by Gasteiger charge is 2.23. The molecule has 3 aromatic rings. The summed E-state index contributed by atoms with van der Waals surface area (Å²) in [5, 5.41) is 12.3. The van der Waals surface area contributed by atoms with Crippen molar-refractivity contribution in [2.45, 2.75) is 44.7 Å². The Bertz CT molecular complexity index is 1020. The SMILES string of the molecule is Cc1ncc(-c2ccc3ncnc(NC4CCC(N(C)C)CC4)c3c2)cc1C=N. The van der Waals surface area contributed by atoms with Crippen LogP contribution < -0.4 is 5.32 Å². The topological polar surface area (TPSA) is 77.8 Å². The smallest absolute Gasteiger partial charge is 0.137 e. The minimum Gasteiger partial charge on any atom is -0.367 e. The number of nitrogens with one attached hydrogen (secondary N) is 2. The summed E-state index contributed by atoms with van der Waals surface area (Å²) in [7, 11) is 4.34. The number of benzene rings is 1. The fourth-order valence-corrected chi connectivity index (χ4v) is 4.14. The van der Waals surface area contributed by atoms with Crippen LogP contribution in [0.4, 0.5) is 5.82 Å². The van der Waals surface area contributed by atoms with Crippen LogP contribution in [0.3, 0.4) is 0 Å². The number of fused-ring (bicyclic) bond motifs is 1. The van der Waals surface area contributed by atoms with Crippen molar-refractivity contribution < 1.29 is 0 Å². The molecule has 0 saturated heterocycles. The Balaban J connectivity index is 1.62. The van der Waals surface area contributed by atoms with Gasteiger partial charge in [0, 0.05) is 46.7 Å². The average molecular weight is 389 g/mol. The Morgan fingerprint density at radius 1 is 1.03 bits per heavy atom. The lowest BCUT2D eigenvalue weighted by molar-refractivity contribution is 0.221. The van der Waals surface area contributed by atoms with Crippen molar-refractivity contribution in [3.05, 3.63) is 48.0 Å². The van der Waals surface area contributed by atoms with Crippen LogP contribution in [0.2, 0.25) is 0 Å². The van der Waals surface area contributed by atoms with Crippen molar-refractivity contribution in [1.82, 2.24) is 19.9 Å². The summed E-state index contributed by atoms with van der Waals surface area (Å²) in [5.74, 6) is 0.900. The highest BCUT2D eigenvalue weighted by molar-refractivity contribution is 5.93. The van der Waals surface area contributed by atoms with Gasteiger partial charge in [0.1, 0.15) is 12.1 Å². The van der Waals surface area contributed by atoms with Gasteiger partial charge in [0.2, 0.25) is 0 Å². The largest absolute Gasteiger partial charge is 0.367 e. The summed E-state index contributed by atoms with van der Waals surface area (Å²) in [4.78, 5) is 15.8. The van der Waals surface area contributed by atoms with E-state index >= 15 is 0 Å². The summed E-state index contributed by atoms with van der Waals surface area (Å²) < 4.78 is 0. The standard InChI is InChI=1S/C23H28N6/c1-15-17(12-24)10-18(13-25-15)16-4-9-22-21(11-16)23(27-14-26-22)28-19-5-7-20(8-6-19)29(2)3/h4,9-14,19-20,24H,5-8H2,1-3H3,(H,26,27,28). The van der Waals surface area contributed by atoms with E-state index in [2.05, 4.69) is 51.4 Å². The van der Waals surface area contributed by atoms with Crippen LogP contribution >= 0.6 is 0 Å².